The van der Waals surface area contributed by atoms with Crippen LogP contribution in [0, 0.1) is 0 Å². The fourth-order valence-corrected chi connectivity index (χ4v) is 2.75. The van der Waals surface area contributed by atoms with E-state index in [2.05, 4.69) is 10.6 Å². The quantitative estimate of drug-likeness (QED) is 0.230. The molecule has 0 aliphatic rings. The fourth-order valence-electron chi connectivity index (χ4n) is 2.75. The second kappa shape index (κ2) is 18.6. The smallest absolute Gasteiger partial charge is 0.221 e. The van der Waals surface area contributed by atoms with E-state index in [1.807, 2.05) is 0 Å². The highest BCUT2D eigenvalue weighted by Gasteiger charge is 2.13. The minimum Gasteiger partial charge on any atom is -0.356 e. The van der Waals surface area contributed by atoms with Crippen molar-refractivity contribution in [1.82, 2.24) is 10.6 Å². The molecule has 154 valence electrons. The number of carbonyl (C=O) groups excluding carboxylic acids is 2. The van der Waals surface area contributed by atoms with Gasteiger partial charge in [0.05, 0.1) is 0 Å². The van der Waals surface area contributed by atoms with Gasteiger partial charge in [-0.3, -0.25) is 9.59 Å². The maximum atomic E-state index is 11.8. The summed E-state index contributed by atoms with van der Waals surface area (Å²) in [6, 6.07) is -0.427. The van der Waals surface area contributed by atoms with E-state index < -0.39 is 6.04 Å². The molecule has 7 nitrogen and oxygen atoms in total. The lowest BCUT2D eigenvalue weighted by Crippen LogP contribution is -2.36. The van der Waals surface area contributed by atoms with Crippen LogP contribution in [-0.2, 0) is 9.59 Å². The first-order valence-electron chi connectivity index (χ1n) is 10.3. The molecule has 7 heteroatoms. The van der Waals surface area contributed by atoms with Gasteiger partial charge in [-0.15, -0.1) is 0 Å². The van der Waals surface area contributed by atoms with Gasteiger partial charge in [-0.1, -0.05) is 38.5 Å². The summed E-state index contributed by atoms with van der Waals surface area (Å²) in [5.41, 5.74) is 16.8. The number of hydrogen-bond donors (Lipinski definition) is 5. The molecule has 0 radical (unpaired) electrons. The number of carbonyl (C=O) groups is 2. The average molecular weight is 372 g/mol. The Morgan fingerprint density at radius 1 is 0.615 bits per heavy atom. The maximum Gasteiger partial charge on any atom is 0.221 e. The van der Waals surface area contributed by atoms with Gasteiger partial charge in [0, 0.05) is 32.0 Å². The second-order valence-electron chi connectivity index (χ2n) is 6.98. The molecule has 0 rings (SSSR count). The van der Waals surface area contributed by atoms with E-state index in [1.165, 1.54) is 0 Å². The van der Waals surface area contributed by atoms with Gasteiger partial charge in [0.15, 0.2) is 0 Å². The lowest BCUT2D eigenvalue weighted by molar-refractivity contribution is -0.122. The summed E-state index contributed by atoms with van der Waals surface area (Å²) in [6.07, 6.45) is 11.3. The zero-order valence-corrected chi connectivity index (χ0v) is 16.4. The normalized spacial score (nSPS) is 10.9. The molecular formula is C19H41N5O2. The largest absolute Gasteiger partial charge is 0.356 e. The summed E-state index contributed by atoms with van der Waals surface area (Å²) in [5.74, 6) is -0.153. The summed E-state index contributed by atoms with van der Waals surface area (Å²) in [7, 11) is 0. The van der Waals surface area contributed by atoms with Crippen LogP contribution in [0.3, 0.4) is 0 Å². The van der Waals surface area contributed by atoms with Crippen LogP contribution in [-0.4, -0.2) is 44.0 Å². The molecule has 0 aromatic rings. The molecule has 0 aromatic heterocycles. The summed E-state index contributed by atoms with van der Waals surface area (Å²) >= 11 is 0. The first-order valence-corrected chi connectivity index (χ1v) is 10.3. The van der Waals surface area contributed by atoms with Crippen molar-refractivity contribution in [2.24, 2.45) is 17.2 Å². The summed E-state index contributed by atoms with van der Waals surface area (Å²) in [5, 5.41) is 5.74. The molecule has 0 aliphatic heterocycles. The molecule has 0 unspecified atom stereocenters. The van der Waals surface area contributed by atoms with Crippen molar-refractivity contribution in [2.75, 3.05) is 26.2 Å². The third-order valence-electron chi connectivity index (χ3n) is 4.30. The highest BCUT2D eigenvalue weighted by molar-refractivity contribution is 5.80. The van der Waals surface area contributed by atoms with E-state index in [-0.39, 0.29) is 24.7 Å². The van der Waals surface area contributed by atoms with Gasteiger partial charge in [-0.25, -0.2) is 0 Å². The molecule has 2 amide bonds. The molecule has 0 aromatic carbocycles. The molecule has 0 bridgehead atoms. The number of nitrogens with one attached hydrogen (secondary N) is 2. The molecule has 0 saturated heterocycles. The summed E-state index contributed by atoms with van der Waals surface area (Å²) < 4.78 is 0. The third-order valence-corrected chi connectivity index (χ3v) is 4.30. The van der Waals surface area contributed by atoms with Gasteiger partial charge in [0.2, 0.25) is 11.8 Å². The van der Waals surface area contributed by atoms with E-state index in [9.17, 15) is 9.59 Å². The van der Waals surface area contributed by atoms with Crippen LogP contribution in [0.5, 0.6) is 0 Å². The average Bonchev–Trinajstić information content (AvgIpc) is 2.60. The van der Waals surface area contributed by atoms with Crippen LogP contribution >= 0.6 is 0 Å². The molecule has 0 spiro atoms. The van der Waals surface area contributed by atoms with Gasteiger partial charge in [-0.2, -0.15) is 0 Å². The highest BCUT2D eigenvalue weighted by Crippen LogP contribution is 2.03. The SMILES string of the molecule is NCCCCCCCNC(=O)CC(N)CC(=O)NCCCCCCCN. The standard InChI is InChI=1S/C19H41N5O2/c20-11-7-3-1-5-9-13-23-18(25)15-17(22)16-19(26)24-14-10-6-2-4-8-12-21/h17H,1-16,20-22H2,(H,23,25)(H,24,26). The van der Waals surface area contributed by atoms with Crippen molar-refractivity contribution in [1.29, 1.82) is 0 Å². The van der Waals surface area contributed by atoms with Crippen LogP contribution < -0.4 is 27.8 Å². The lowest BCUT2D eigenvalue weighted by atomic mass is 10.1. The number of nitrogens with two attached hydrogens (primary N) is 3. The van der Waals surface area contributed by atoms with Crippen molar-refractivity contribution < 1.29 is 9.59 Å². The van der Waals surface area contributed by atoms with Gasteiger partial charge in [0.25, 0.3) is 0 Å². The number of unbranched alkanes of at least 4 members (excludes halogenated alkanes) is 8. The topological polar surface area (TPSA) is 136 Å². The number of amides is 2. The Balaban J connectivity index is 3.53. The Hall–Kier alpha value is -1.18. The first kappa shape index (κ1) is 24.8. The van der Waals surface area contributed by atoms with Crippen LogP contribution in [0.1, 0.15) is 77.0 Å². The summed E-state index contributed by atoms with van der Waals surface area (Å²) in [6.45, 7) is 2.84. The lowest BCUT2D eigenvalue weighted by Gasteiger charge is -2.12. The van der Waals surface area contributed by atoms with Crippen molar-refractivity contribution in [3.05, 3.63) is 0 Å². The molecule has 0 atom stereocenters. The molecule has 0 aliphatic carbocycles. The third kappa shape index (κ3) is 17.6. The fraction of sp³-hybridized carbons (Fsp3) is 0.895. The van der Waals surface area contributed by atoms with Crippen molar-refractivity contribution in [3.63, 3.8) is 0 Å². The van der Waals surface area contributed by atoms with Crippen molar-refractivity contribution in [2.45, 2.75) is 83.1 Å². The minimum absolute atomic E-state index is 0.0767. The molecular weight excluding hydrogens is 330 g/mol. The Morgan fingerprint density at radius 3 is 1.35 bits per heavy atom. The Morgan fingerprint density at radius 2 is 0.962 bits per heavy atom. The van der Waals surface area contributed by atoms with Crippen molar-refractivity contribution >= 4 is 11.8 Å². The van der Waals surface area contributed by atoms with Crippen LogP contribution in [0.2, 0.25) is 0 Å². The second-order valence-corrected chi connectivity index (χ2v) is 6.98. The predicted molar refractivity (Wildman–Crippen MR) is 108 cm³/mol. The molecule has 0 heterocycles. The molecule has 0 fully saturated rings. The molecule has 26 heavy (non-hydrogen) atoms. The van der Waals surface area contributed by atoms with Gasteiger partial charge in [-0.05, 0) is 38.8 Å². The number of hydrogen-bond acceptors (Lipinski definition) is 5. The first-order chi connectivity index (χ1) is 12.6. The van der Waals surface area contributed by atoms with Crippen LogP contribution in [0.15, 0.2) is 0 Å². The zero-order chi connectivity index (χ0) is 19.5. The van der Waals surface area contributed by atoms with E-state index >= 15 is 0 Å². The van der Waals surface area contributed by atoms with Gasteiger partial charge >= 0.3 is 0 Å². The maximum absolute atomic E-state index is 11.8. The van der Waals surface area contributed by atoms with E-state index in [0.29, 0.717) is 13.1 Å². The van der Waals surface area contributed by atoms with Crippen molar-refractivity contribution in [3.8, 4) is 0 Å². The van der Waals surface area contributed by atoms with E-state index in [0.717, 1.165) is 77.3 Å². The zero-order valence-electron chi connectivity index (χ0n) is 16.4. The van der Waals surface area contributed by atoms with Gasteiger partial charge in [0.1, 0.15) is 0 Å². The van der Waals surface area contributed by atoms with Crippen LogP contribution in [0.4, 0.5) is 0 Å². The molecule has 8 N–H and O–H groups in total. The Kier molecular flexibility index (Phi) is 17.8. The van der Waals surface area contributed by atoms with Gasteiger partial charge < -0.3 is 27.8 Å². The van der Waals surface area contributed by atoms with E-state index in [4.69, 9.17) is 17.2 Å². The minimum atomic E-state index is -0.427. The Bertz CT molecular complexity index is 321. The Labute approximate surface area is 159 Å². The monoisotopic (exact) mass is 371 g/mol. The van der Waals surface area contributed by atoms with E-state index in [1.54, 1.807) is 0 Å². The predicted octanol–water partition coefficient (Wildman–Crippen LogP) is 1.14. The highest BCUT2D eigenvalue weighted by atomic mass is 16.2. The number of rotatable bonds is 18. The summed E-state index contributed by atoms with van der Waals surface area (Å²) in [4.78, 5) is 23.6. The van der Waals surface area contributed by atoms with Crippen LogP contribution in [0.25, 0.3) is 0 Å². The molecule has 0 saturated carbocycles.